The first-order valence-corrected chi connectivity index (χ1v) is 5.47. The molecule has 0 amide bonds. The van der Waals surface area contributed by atoms with Crippen LogP contribution in [0.15, 0.2) is 34.9 Å². The van der Waals surface area contributed by atoms with Gasteiger partial charge < -0.3 is 10.5 Å². The standard InChI is InChI=1S/C11H10BrN3O/c1-7-6-8(12)2-3-9(7)16-11-14-5-4-10(13)15-11/h2-6H,1H3,(H2,13,14,15). The summed E-state index contributed by atoms with van der Waals surface area (Å²) >= 11 is 3.39. The van der Waals surface area contributed by atoms with E-state index in [0.29, 0.717) is 11.6 Å². The molecule has 0 radical (unpaired) electrons. The number of halogens is 1. The Hall–Kier alpha value is -1.62. The maximum absolute atomic E-state index is 5.54. The highest BCUT2D eigenvalue weighted by Gasteiger charge is 2.04. The van der Waals surface area contributed by atoms with E-state index in [1.807, 2.05) is 25.1 Å². The van der Waals surface area contributed by atoms with Gasteiger partial charge in [0.15, 0.2) is 0 Å². The van der Waals surface area contributed by atoms with Gasteiger partial charge in [-0.05, 0) is 36.8 Å². The number of hydrogen-bond acceptors (Lipinski definition) is 4. The van der Waals surface area contributed by atoms with Crippen molar-refractivity contribution in [1.29, 1.82) is 0 Å². The van der Waals surface area contributed by atoms with Crippen LogP contribution in [-0.2, 0) is 0 Å². The van der Waals surface area contributed by atoms with Crippen LogP contribution in [-0.4, -0.2) is 9.97 Å². The number of aromatic nitrogens is 2. The highest BCUT2D eigenvalue weighted by molar-refractivity contribution is 9.10. The molecule has 0 bridgehead atoms. The third-order valence-electron chi connectivity index (χ3n) is 1.99. The fourth-order valence-electron chi connectivity index (χ4n) is 1.23. The quantitative estimate of drug-likeness (QED) is 0.918. The molecule has 16 heavy (non-hydrogen) atoms. The van der Waals surface area contributed by atoms with E-state index < -0.39 is 0 Å². The van der Waals surface area contributed by atoms with Crippen molar-refractivity contribution in [3.05, 3.63) is 40.5 Å². The Morgan fingerprint density at radius 2 is 2.12 bits per heavy atom. The van der Waals surface area contributed by atoms with Gasteiger partial charge in [-0.15, -0.1) is 0 Å². The smallest absolute Gasteiger partial charge is 0.323 e. The third-order valence-corrected chi connectivity index (χ3v) is 2.49. The van der Waals surface area contributed by atoms with Crippen molar-refractivity contribution in [3.63, 3.8) is 0 Å². The van der Waals surface area contributed by atoms with Gasteiger partial charge in [0.1, 0.15) is 11.6 Å². The summed E-state index contributed by atoms with van der Waals surface area (Å²) in [6.07, 6.45) is 1.56. The lowest BCUT2D eigenvalue weighted by atomic mass is 10.2. The molecule has 0 saturated heterocycles. The molecule has 0 saturated carbocycles. The number of anilines is 1. The molecule has 0 aliphatic carbocycles. The molecule has 5 heteroatoms. The van der Waals surface area contributed by atoms with Crippen molar-refractivity contribution in [3.8, 4) is 11.8 Å². The number of ether oxygens (including phenoxy) is 1. The summed E-state index contributed by atoms with van der Waals surface area (Å²) in [7, 11) is 0. The fourth-order valence-corrected chi connectivity index (χ4v) is 1.70. The molecule has 82 valence electrons. The van der Waals surface area contributed by atoms with Crippen LogP contribution in [0.25, 0.3) is 0 Å². The number of nitrogens with zero attached hydrogens (tertiary/aromatic N) is 2. The van der Waals surface area contributed by atoms with Crippen molar-refractivity contribution in [2.75, 3.05) is 5.73 Å². The summed E-state index contributed by atoms with van der Waals surface area (Å²) in [6.45, 7) is 1.95. The molecular formula is C11H10BrN3O. The predicted octanol–water partition coefficient (Wildman–Crippen LogP) is 2.92. The van der Waals surface area contributed by atoms with Gasteiger partial charge in [-0.2, -0.15) is 4.98 Å². The van der Waals surface area contributed by atoms with E-state index in [1.165, 1.54) is 0 Å². The monoisotopic (exact) mass is 279 g/mol. The zero-order valence-electron chi connectivity index (χ0n) is 8.64. The normalized spacial score (nSPS) is 10.1. The third kappa shape index (κ3) is 2.49. The van der Waals surface area contributed by atoms with Gasteiger partial charge >= 0.3 is 6.01 Å². The first-order valence-electron chi connectivity index (χ1n) is 4.67. The van der Waals surface area contributed by atoms with Crippen LogP contribution in [0.1, 0.15) is 5.56 Å². The first kappa shape index (κ1) is 10.9. The lowest BCUT2D eigenvalue weighted by Gasteiger charge is -2.07. The minimum absolute atomic E-state index is 0.255. The van der Waals surface area contributed by atoms with Crippen LogP contribution >= 0.6 is 15.9 Å². The van der Waals surface area contributed by atoms with Crippen LogP contribution in [0, 0.1) is 6.92 Å². The molecule has 2 N–H and O–H groups in total. The van der Waals surface area contributed by atoms with Crippen LogP contribution in [0.4, 0.5) is 5.82 Å². The Morgan fingerprint density at radius 1 is 1.31 bits per heavy atom. The zero-order chi connectivity index (χ0) is 11.5. The number of hydrogen-bond donors (Lipinski definition) is 1. The predicted molar refractivity (Wildman–Crippen MR) is 65.4 cm³/mol. The van der Waals surface area contributed by atoms with E-state index in [0.717, 1.165) is 10.0 Å². The summed E-state index contributed by atoms with van der Waals surface area (Å²) in [5, 5.41) is 0. The maximum atomic E-state index is 5.54. The van der Waals surface area contributed by atoms with Crippen molar-refractivity contribution in [2.45, 2.75) is 6.92 Å². The number of aryl methyl sites for hydroxylation is 1. The second-order valence-corrected chi connectivity index (χ2v) is 4.19. The lowest BCUT2D eigenvalue weighted by Crippen LogP contribution is -1.96. The largest absolute Gasteiger partial charge is 0.424 e. The van der Waals surface area contributed by atoms with Crippen molar-refractivity contribution in [1.82, 2.24) is 9.97 Å². The first-order chi connectivity index (χ1) is 7.65. The van der Waals surface area contributed by atoms with Gasteiger partial charge in [0.2, 0.25) is 0 Å². The molecule has 0 aliphatic heterocycles. The summed E-state index contributed by atoms with van der Waals surface area (Å²) in [4.78, 5) is 7.94. The average Bonchev–Trinajstić information content (AvgIpc) is 2.22. The minimum atomic E-state index is 0.255. The summed E-state index contributed by atoms with van der Waals surface area (Å²) < 4.78 is 6.53. The number of nitrogen functional groups attached to an aromatic ring is 1. The van der Waals surface area contributed by atoms with Crippen LogP contribution in [0.2, 0.25) is 0 Å². The van der Waals surface area contributed by atoms with E-state index in [2.05, 4.69) is 25.9 Å². The second kappa shape index (κ2) is 4.49. The molecule has 0 spiro atoms. The molecule has 4 nitrogen and oxygen atoms in total. The topological polar surface area (TPSA) is 61.0 Å². The number of nitrogens with two attached hydrogens (primary N) is 1. The fraction of sp³-hybridized carbons (Fsp3) is 0.0909. The zero-order valence-corrected chi connectivity index (χ0v) is 10.2. The molecule has 0 aliphatic rings. The minimum Gasteiger partial charge on any atom is -0.424 e. The Balaban J connectivity index is 2.27. The molecular weight excluding hydrogens is 270 g/mol. The Kier molecular flexibility index (Phi) is 3.05. The van der Waals surface area contributed by atoms with E-state index in [-0.39, 0.29) is 6.01 Å². The maximum Gasteiger partial charge on any atom is 0.323 e. The van der Waals surface area contributed by atoms with E-state index in [1.54, 1.807) is 12.3 Å². The Morgan fingerprint density at radius 3 is 2.81 bits per heavy atom. The molecule has 1 aromatic heterocycles. The van der Waals surface area contributed by atoms with Crippen LogP contribution < -0.4 is 10.5 Å². The molecule has 0 unspecified atom stereocenters. The van der Waals surface area contributed by atoms with Gasteiger partial charge in [-0.3, -0.25) is 0 Å². The van der Waals surface area contributed by atoms with Crippen LogP contribution in [0.5, 0.6) is 11.8 Å². The molecule has 2 rings (SSSR count). The molecule has 0 fully saturated rings. The molecule has 1 heterocycles. The summed E-state index contributed by atoms with van der Waals surface area (Å²) in [5.74, 6) is 1.11. The molecule has 0 atom stereocenters. The number of rotatable bonds is 2. The van der Waals surface area contributed by atoms with Crippen molar-refractivity contribution < 1.29 is 4.74 Å². The number of benzene rings is 1. The highest BCUT2D eigenvalue weighted by Crippen LogP contribution is 2.25. The SMILES string of the molecule is Cc1cc(Br)ccc1Oc1nccc(N)n1. The van der Waals surface area contributed by atoms with Gasteiger partial charge in [-0.25, -0.2) is 4.98 Å². The molecule has 2 aromatic rings. The van der Waals surface area contributed by atoms with Crippen molar-refractivity contribution in [2.24, 2.45) is 0 Å². The highest BCUT2D eigenvalue weighted by atomic mass is 79.9. The van der Waals surface area contributed by atoms with Crippen LogP contribution in [0.3, 0.4) is 0 Å². The second-order valence-electron chi connectivity index (χ2n) is 3.28. The lowest BCUT2D eigenvalue weighted by molar-refractivity contribution is 0.439. The summed E-state index contributed by atoms with van der Waals surface area (Å²) in [6, 6.07) is 7.58. The Labute approximate surface area is 102 Å². The average molecular weight is 280 g/mol. The van der Waals surface area contributed by atoms with Gasteiger partial charge in [0.25, 0.3) is 0 Å². The molecule has 1 aromatic carbocycles. The van der Waals surface area contributed by atoms with Gasteiger partial charge in [0, 0.05) is 10.7 Å². The Bertz CT molecular complexity index is 516. The van der Waals surface area contributed by atoms with Crippen molar-refractivity contribution >= 4 is 21.7 Å². The van der Waals surface area contributed by atoms with E-state index >= 15 is 0 Å². The van der Waals surface area contributed by atoms with Gasteiger partial charge in [0.05, 0.1) is 0 Å². The van der Waals surface area contributed by atoms with E-state index in [4.69, 9.17) is 10.5 Å². The summed E-state index contributed by atoms with van der Waals surface area (Å²) in [5.41, 5.74) is 6.54. The van der Waals surface area contributed by atoms with E-state index in [9.17, 15) is 0 Å². The van der Waals surface area contributed by atoms with Gasteiger partial charge in [-0.1, -0.05) is 15.9 Å².